The third kappa shape index (κ3) is 9.90. The van der Waals surface area contributed by atoms with Crippen LogP contribution in [0.15, 0.2) is 72.8 Å². The van der Waals surface area contributed by atoms with Crippen molar-refractivity contribution in [2.75, 3.05) is 0 Å². The van der Waals surface area contributed by atoms with E-state index in [1.165, 1.54) is 0 Å². The number of carboxylic acids is 1. The zero-order chi connectivity index (χ0) is 24.3. The van der Waals surface area contributed by atoms with Crippen LogP contribution in [-0.2, 0) is 20.7 Å². The van der Waals surface area contributed by atoms with E-state index in [0.717, 1.165) is 11.1 Å². The molecule has 6 N–H and O–H groups in total. The van der Waals surface area contributed by atoms with Crippen molar-refractivity contribution >= 4 is 18.0 Å². The third-order valence-corrected chi connectivity index (χ3v) is 4.12. The monoisotopic (exact) mass is 441 g/mol. The summed E-state index contributed by atoms with van der Waals surface area (Å²) in [5.41, 5.74) is 12.0. The number of benzene rings is 2. The van der Waals surface area contributed by atoms with Gasteiger partial charge in [0, 0.05) is 12.0 Å². The van der Waals surface area contributed by atoms with Gasteiger partial charge in [0.2, 0.25) is 5.91 Å². The van der Waals surface area contributed by atoms with E-state index < -0.39 is 35.7 Å². The van der Waals surface area contributed by atoms with Gasteiger partial charge in [-0.05, 0) is 31.9 Å². The molecule has 2 aromatic rings. The van der Waals surface area contributed by atoms with Gasteiger partial charge in [0.1, 0.15) is 11.6 Å². The van der Waals surface area contributed by atoms with Gasteiger partial charge in [-0.3, -0.25) is 4.79 Å². The number of alkyl carbamates (subject to hydrolysis) is 1. The summed E-state index contributed by atoms with van der Waals surface area (Å²) in [6.45, 7) is 8.70. The Morgan fingerprint density at radius 2 is 1.53 bits per heavy atom. The van der Waals surface area contributed by atoms with Gasteiger partial charge >= 0.3 is 12.1 Å². The Kier molecular flexibility index (Phi) is 10.1. The number of carboxylic acid groups (broad SMARTS) is 1. The Morgan fingerprint density at radius 3 is 1.97 bits per heavy atom. The predicted molar refractivity (Wildman–Crippen MR) is 123 cm³/mol. The highest BCUT2D eigenvalue weighted by molar-refractivity contribution is 5.92. The minimum atomic E-state index is -1.09. The number of amides is 2. The Balaban J connectivity index is 0.000000343. The van der Waals surface area contributed by atoms with Crippen molar-refractivity contribution in [1.29, 1.82) is 0 Å². The number of nitrogens with one attached hydrogen (secondary N) is 1. The molecule has 8 heteroatoms. The molecule has 0 aliphatic heterocycles. The van der Waals surface area contributed by atoms with Crippen LogP contribution in [0.25, 0.3) is 0 Å². The lowest BCUT2D eigenvalue weighted by Crippen LogP contribution is -2.44. The number of hydrogen-bond acceptors (Lipinski definition) is 5. The fourth-order valence-electron chi connectivity index (χ4n) is 2.51. The second-order valence-corrected chi connectivity index (χ2v) is 8.00. The van der Waals surface area contributed by atoms with Gasteiger partial charge in [0.15, 0.2) is 0 Å². The molecule has 0 heterocycles. The molecule has 172 valence electrons. The van der Waals surface area contributed by atoms with Crippen LogP contribution in [0.2, 0.25) is 0 Å². The van der Waals surface area contributed by atoms with Crippen LogP contribution in [0.3, 0.4) is 0 Å². The van der Waals surface area contributed by atoms with Crippen LogP contribution < -0.4 is 16.8 Å². The number of aliphatic carboxylic acids is 1. The fourth-order valence-corrected chi connectivity index (χ4v) is 2.51. The molecule has 32 heavy (non-hydrogen) atoms. The van der Waals surface area contributed by atoms with Crippen LogP contribution in [0.4, 0.5) is 4.79 Å². The molecule has 0 aliphatic rings. The number of hydrogen-bond donors (Lipinski definition) is 4. The van der Waals surface area contributed by atoms with Gasteiger partial charge in [0.25, 0.3) is 0 Å². The zero-order valence-corrected chi connectivity index (χ0v) is 18.6. The maximum Gasteiger partial charge on any atom is 0.408 e. The summed E-state index contributed by atoms with van der Waals surface area (Å²) in [4.78, 5) is 33.5. The van der Waals surface area contributed by atoms with Gasteiger partial charge in [-0.15, -0.1) is 0 Å². The normalized spacial score (nSPS) is 12.4. The van der Waals surface area contributed by atoms with E-state index in [4.69, 9.17) is 21.3 Å². The number of ether oxygens (including phenoxy) is 1. The Hall–Kier alpha value is -3.65. The van der Waals surface area contributed by atoms with Gasteiger partial charge in [-0.1, -0.05) is 67.2 Å². The topological polar surface area (TPSA) is 145 Å². The Labute approximate surface area is 188 Å². The van der Waals surface area contributed by atoms with Crippen LogP contribution in [0.1, 0.15) is 37.9 Å². The van der Waals surface area contributed by atoms with E-state index in [1.54, 1.807) is 20.8 Å². The van der Waals surface area contributed by atoms with E-state index in [9.17, 15) is 14.4 Å². The van der Waals surface area contributed by atoms with Crippen molar-refractivity contribution in [1.82, 2.24) is 5.32 Å². The molecule has 2 unspecified atom stereocenters. The van der Waals surface area contributed by atoms with Gasteiger partial charge in [-0.2, -0.15) is 0 Å². The molecular formula is C24H31N3O5. The smallest absolute Gasteiger partial charge is 0.408 e. The Morgan fingerprint density at radius 1 is 1.03 bits per heavy atom. The first kappa shape index (κ1) is 26.4. The molecule has 0 bridgehead atoms. The van der Waals surface area contributed by atoms with E-state index in [0.29, 0.717) is 0 Å². The van der Waals surface area contributed by atoms with Gasteiger partial charge in [-0.25, -0.2) is 9.59 Å². The van der Waals surface area contributed by atoms with E-state index in [-0.39, 0.29) is 12.0 Å². The Bertz CT molecular complexity index is 908. The lowest BCUT2D eigenvalue weighted by Gasteiger charge is -2.22. The summed E-state index contributed by atoms with van der Waals surface area (Å²) in [6, 6.07) is 16.9. The molecule has 0 spiro atoms. The molecule has 2 atom stereocenters. The van der Waals surface area contributed by atoms with Gasteiger partial charge in [0.05, 0.1) is 6.04 Å². The van der Waals surface area contributed by atoms with Crippen molar-refractivity contribution in [3.05, 3.63) is 83.9 Å². The average molecular weight is 442 g/mol. The standard InChI is InChI=1S/C14H19NO4.C10H12N2O/c1-14(2,3)19-13(18)15-11(12(16)17)9-10-7-5-4-6-8-10;1-7(10(12)13)9(11)8-5-3-2-4-6-8/h4-8,11H,9H2,1-3H3,(H,15,18)(H,16,17);2-6,9H,1,11H2,(H2,12,13). The molecular weight excluding hydrogens is 410 g/mol. The van der Waals surface area contributed by atoms with E-state index >= 15 is 0 Å². The molecule has 0 aromatic heterocycles. The molecule has 0 aliphatic carbocycles. The molecule has 2 rings (SSSR count). The maximum atomic E-state index is 11.6. The van der Waals surface area contributed by atoms with Crippen molar-refractivity contribution in [2.45, 2.75) is 44.9 Å². The second-order valence-electron chi connectivity index (χ2n) is 8.00. The predicted octanol–water partition coefficient (Wildman–Crippen LogP) is 2.93. The maximum absolute atomic E-state index is 11.6. The van der Waals surface area contributed by atoms with Crippen LogP contribution >= 0.6 is 0 Å². The van der Waals surface area contributed by atoms with Crippen LogP contribution in [0.5, 0.6) is 0 Å². The molecule has 2 amide bonds. The number of primary amides is 1. The summed E-state index contributed by atoms with van der Waals surface area (Å²) in [7, 11) is 0. The first-order chi connectivity index (χ1) is 14.9. The minimum Gasteiger partial charge on any atom is -0.480 e. The average Bonchev–Trinajstić information content (AvgIpc) is 2.72. The van der Waals surface area contributed by atoms with Gasteiger partial charge < -0.3 is 26.6 Å². The molecule has 8 nitrogen and oxygen atoms in total. The fraction of sp³-hybridized carbons (Fsp3) is 0.292. The zero-order valence-electron chi connectivity index (χ0n) is 18.6. The summed E-state index contributed by atoms with van der Waals surface area (Å²) >= 11 is 0. The molecule has 0 saturated heterocycles. The van der Waals surface area contributed by atoms with Crippen molar-refractivity contribution in [3.63, 3.8) is 0 Å². The molecule has 0 fully saturated rings. The molecule has 0 saturated carbocycles. The van der Waals surface area contributed by atoms with Crippen LogP contribution in [-0.4, -0.2) is 34.7 Å². The van der Waals surface area contributed by atoms with Crippen LogP contribution in [0, 0.1) is 0 Å². The van der Waals surface area contributed by atoms with E-state index in [2.05, 4.69) is 11.9 Å². The molecule has 0 radical (unpaired) electrons. The first-order valence-corrected chi connectivity index (χ1v) is 9.96. The van der Waals surface area contributed by atoms with Crippen molar-refractivity contribution < 1.29 is 24.2 Å². The van der Waals surface area contributed by atoms with Crippen molar-refractivity contribution in [2.24, 2.45) is 11.5 Å². The number of carbonyl (C=O) groups excluding carboxylic acids is 2. The SMILES string of the molecule is C=C(C(N)=O)C(N)c1ccccc1.CC(C)(C)OC(=O)NC(Cc1ccccc1)C(=O)O. The second kappa shape index (κ2) is 12.3. The highest BCUT2D eigenvalue weighted by atomic mass is 16.6. The lowest BCUT2D eigenvalue weighted by molar-refractivity contribution is -0.139. The van der Waals surface area contributed by atoms with Crippen molar-refractivity contribution in [3.8, 4) is 0 Å². The number of carbonyl (C=O) groups is 3. The summed E-state index contributed by atoms with van der Waals surface area (Å²) < 4.78 is 5.04. The summed E-state index contributed by atoms with van der Waals surface area (Å²) in [5, 5.41) is 11.5. The largest absolute Gasteiger partial charge is 0.480 e. The third-order valence-electron chi connectivity index (χ3n) is 4.12. The highest BCUT2D eigenvalue weighted by Crippen LogP contribution is 2.16. The quantitative estimate of drug-likeness (QED) is 0.486. The van der Waals surface area contributed by atoms with E-state index in [1.807, 2.05) is 60.7 Å². The first-order valence-electron chi connectivity index (χ1n) is 9.96. The summed E-state index contributed by atoms with van der Waals surface area (Å²) in [6.07, 6.45) is -0.508. The number of rotatable bonds is 7. The highest BCUT2D eigenvalue weighted by Gasteiger charge is 2.24. The minimum absolute atomic E-state index is 0.218. The lowest BCUT2D eigenvalue weighted by atomic mass is 10.0. The molecule has 2 aromatic carbocycles. The summed E-state index contributed by atoms with van der Waals surface area (Å²) in [5.74, 6) is -1.65. The number of nitrogens with two attached hydrogens (primary N) is 2.